The molecular weight excluding hydrogens is 378 g/mol. The molecule has 0 radical (unpaired) electrons. The number of halogens is 1. The summed E-state index contributed by atoms with van der Waals surface area (Å²) in [5, 5.41) is 9.74. The van der Waals surface area contributed by atoms with Crippen molar-refractivity contribution in [1.29, 1.82) is 0 Å². The fourth-order valence-corrected chi connectivity index (χ4v) is 3.98. The minimum absolute atomic E-state index is 0.0214. The second kappa shape index (κ2) is 5.24. The maximum Gasteiger partial charge on any atom is 0.264 e. The summed E-state index contributed by atoms with van der Waals surface area (Å²) in [4.78, 5) is 0.0214. The Labute approximate surface area is 132 Å². The van der Waals surface area contributed by atoms with Crippen LogP contribution in [-0.2, 0) is 21.4 Å². The quantitative estimate of drug-likeness (QED) is 0.673. The van der Waals surface area contributed by atoms with Gasteiger partial charge >= 0.3 is 0 Å². The van der Waals surface area contributed by atoms with Crippen LogP contribution >= 0.6 is 15.9 Å². The molecule has 1 heterocycles. The van der Waals surface area contributed by atoms with E-state index in [1.807, 2.05) is 0 Å². The largest absolute Gasteiger partial charge is 0.506 e. The highest BCUT2D eigenvalue weighted by Gasteiger charge is 2.23. The van der Waals surface area contributed by atoms with E-state index in [0.29, 0.717) is 15.8 Å². The van der Waals surface area contributed by atoms with E-state index in [0.717, 1.165) is 11.4 Å². The minimum atomic E-state index is -3.88. The van der Waals surface area contributed by atoms with Gasteiger partial charge in [0.1, 0.15) is 22.0 Å². The Morgan fingerprint density at radius 2 is 2.00 bits per heavy atom. The highest BCUT2D eigenvalue weighted by atomic mass is 79.9. The first kappa shape index (κ1) is 14.2. The topological polar surface area (TPSA) is 91.1 Å². The molecule has 0 spiro atoms. The third-order valence-corrected chi connectivity index (χ3v) is 5.17. The summed E-state index contributed by atoms with van der Waals surface area (Å²) in [6, 6.07) is 9.21. The lowest BCUT2D eigenvalue weighted by Gasteiger charge is -2.11. The average Bonchev–Trinajstić information content (AvgIpc) is 2.90. The first-order chi connectivity index (χ1) is 9.97. The number of nitrogens with one attached hydrogen (secondary N) is 1. The number of hydrogen-bond acceptors (Lipinski definition) is 5. The van der Waals surface area contributed by atoms with Gasteiger partial charge in [-0.15, -0.1) is 0 Å². The standard InChI is InChI=1S/C12H8BrN3O3S2/c13-7-4-5-10(17)9(6-7)16-21(18,19)11-3-1-2-8-12(11)15-20-14-8/h1-6,16-17H. The molecule has 0 amide bonds. The maximum atomic E-state index is 12.5. The number of fused-ring (bicyclic) bond motifs is 1. The number of sulfonamides is 1. The van der Waals surface area contributed by atoms with Gasteiger partial charge in [-0.25, -0.2) is 8.42 Å². The van der Waals surface area contributed by atoms with Gasteiger partial charge in [-0.1, -0.05) is 22.0 Å². The molecule has 0 bridgehead atoms. The molecule has 0 unspecified atom stereocenters. The highest BCUT2D eigenvalue weighted by molar-refractivity contribution is 9.10. The van der Waals surface area contributed by atoms with Gasteiger partial charge in [0, 0.05) is 4.47 Å². The number of phenolic OH excluding ortho intramolecular Hbond substituents is 1. The first-order valence-electron chi connectivity index (χ1n) is 5.70. The summed E-state index contributed by atoms with van der Waals surface area (Å²) in [5.74, 6) is -0.162. The summed E-state index contributed by atoms with van der Waals surface area (Å²) in [6.45, 7) is 0. The van der Waals surface area contributed by atoms with Crippen molar-refractivity contribution in [3.63, 3.8) is 0 Å². The average molecular weight is 386 g/mol. The normalized spacial score (nSPS) is 12.8. The molecular formula is C12H8BrN3O3S2. The smallest absolute Gasteiger partial charge is 0.264 e. The Morgan fingerprint density at radius 3 is 2.81 bits per heavy atom. The van der Waals surface area contributed by atoms with E-state index in [1.165, 1.54) is 18.2 Å². The zero-order valence-corrected chi connectivity index (χ0v) is 13.5. The van der Waals surface area contributed by atoms with E-state index in [-0.39, 0.29) is 16.3 Å². The van der Waals surface area contributed by atoms with Crippen LogP contribution < -0.4 is 4.72 Å². The molecule has 0 saturated heterocycles. The number of benzene rings is 2. The zero-order valence-electron chi connectivity index (χ0n) is 10.3. The van der Waals surface area contributed by atoms with Crippen molar-refractivity contribution in [3.8, 4) is 5.75 Å². The molecule has 108 valence electrons. The minimum Gasteiger partial charge on any atom is -0.506 e. The monoisotopic (exact) mass is 385 g/mol. The van der Waals surface area contributed by atoms with Gasteiger partial charge in [0.15, 0.2) is 0 Å². The summed E-state index contributed by atoms with van der Waals surface area (Å²) in [6.07, 6.45) is 0. The van der Waals surface area contributed by atoms with Crippen LogP contribution in [0.1, 0.15) is 0 Å². The number of nitrogens with zero attached hydrogens (tertiary/aromatic N) is 2. The second-order valence-corrected chi connectivity index (χ2v) is 7.25. The number of aromatic hydroxyl groups is 1. The first-order valence-corrected chi connectivity index (χ1v) is 8.71. The Balaban J connectivity index is 2.05. The lowest BCUT2D eigenvalue weighted by Crippen LogP contribution is -2.13. The number of phenols is 1. The molecule has 0 fully saturated rings. The van der Waals surface area contributed by atoms with E-state index in [9.17, 15) is 13.5 Å². The van der Waals surface area contributed by atoms with Gasteiger partial charge in [-0.3, -0.25) is 4.72 Å². The fourth-order valence-electron chi connectivity index (χ4n) is 1.79. The maximum absolute atomic E-state index is 12.5. The van der Waals surface area contributed by atoms with Crippen molar-refractivity contribution in [2.75, 3.05) is 4.72 Å². The molecule has 9 heteroatoms. The predicted octanol–water partition coefficient (Wildman–Crippen LogP) is 3.68. The third-order valence-electron chi connectivity index (χ3n) is 2.74. The van der Waals surface area contributed by atoms with Crippen molar-refractivity contribution < 1.29 is 13.5 Å². The van der Waals surface area contributed by atoms with Crippen LogP contribution in [0.5, 0.6) is 5.75 Å². The fraction of sp³-hybridized carbons (Fsp3) is 0. The lowest BCUT2D eigenvalue weighted by atomic mass is 10.3. The third kappa shape index (κ3) is 2.71. The van der Waals surface area contributed by atoms with Crippen LogP contribution in [0.25, 0.3) is 0 Å². The molecule has 1 aliphatic heterocycles. The Hall–Kier alpha value is -1.71. The molecule has 2 aromatic carbocycles. The molecule has 2 N–H and O–H groups in total. The van der Waals surface area contributed by atoms with E-state index < -0.39 is 10.0 Å². The van der Waals surface area contributed by atoms with Gasteiger partial charge in [0.05, 0.1) is 17.0 Å². The van der Waals surface area contributed by atoms with Gasteiger partial charge in [-0.2, -0.15) is 8.73 Å². The number of hydrogen-bond donors (Lipinski definition) is 2. The van der Waals surface area contributed by atoms with E-state index in [4.69, 9.17) is 0 Å². The van der Waals surface area contributed by atoms with Crippen molar-refractivity contribution in [1.82, 2.24) is 0 Å². The van der Waals surface area contributed by atoms with Crippen LogP contribution in [0.4, 0.5) is 17.1 Å². The van der Waals surface area contributed by atoms with Gasteiger partial charge < -0.3 is 5.11 Å². The van der Waals surface area contributed by atoms with Crippen molar-refractivity contribution in [2.24, 2.45) is 8.73 Å². The Kier molecular flexibility index (Phi) is 3.56. The molecule has 0 aromatic heterocycles. The Bertz CT molecular complexity index is 906. The summed E-state index contributed by atoms with van der Waals surface area (Å²) in [7, 11) is -3.88. The van der Waals surface area contributed by atoms with Gasteiger partial charge in [0.25, 0.3) is 10.0 Å². The zero-order chi connectivity index (χ0) is 15.0. The summed E-state index contributed by atoms with van der Waals surface area (Å²) < 4.78 is 36.0. The van der Waals surface area contributed by atoms with Gasteiger partial charge in [0.2, 0.25) is 0 Å². The molecule has 1 aliphatic rings. The lowest BCUT2D eigenvalue weighted by molar-refractivity contribution is 0.477. The molecule has 0 saturated carbocycles. The van der Waals surface area contributed by atoms with Crippen molar-refractivity contribution in [3.05, 3.63) is 40.9 Å². The molecule has 6 nitrogen and oxygen atoms in total. The molecule has 2 aromatic rings. The van der Waals surface area contributed by atoms with Crippen LogP contribution in [0, 0.1) is 0 Å². The number of anilines is 1. The van der Waals surface area contributed by atoms with E-state index in [2.05, 4.69) is 29.4 Å². The molecule has 0 atom stereocenters. The van der Waals surface area contributed by atoms with Crippen LogP contribution in [0.3, 0.4) is 0 Å². The molecule has 3 rings (SSSR count). The van der Waals surface area contributed by atoms with Crippen molar-refractivity contribution >= 4 is 54.4 Å². The summed E-state index contributed by atoms with van der Waals surface area (Å²) >= 11 is 4.17. The SMILES string of the molecule is O=S(=O)(Nc1cc(Br)ccc1O)c1cccc2c1N=S=N2. The molecule has 0 aliphatic carbocycles. The van der Waals surface area contributed by atoms with Crippen LogP contribution in [0.2, 0.25) is 0 Å². The van der Waals surface area contributed by atoms with E-state index >= 15 is 0 Å². The van der Waals surface area contributed by atoms with Crippen LogP contribution in [0.15, 0.2) is 54.5 Å². The van der Waals surface area contributed by atoms with Crippen LogP contribution in [-0.4, -0.2) is 13.5 Å². The predicted molar refractivity (Wildman–Crippen MR) is 84.6 cm³/mol. The highest BCUT2D eigenvalue weighted by Crippen LogP contribution is 2.38. The Morgan fingerprint density at radius 1 is 1.19 bits per heavy atom. The molecule has 21 heavy (non-hydrogen) atoms. The van der Waals surface area contributed by atoms with E-state index in [1.54, 1.807) is 18.2 Å². The summed E-state index contributed by atoms with van der Waals surface area (Å²) in [5.41, 5.74) is 0.912. The second-order valence-electron chi connectivity index (χ2n) is 4.16. The van der Waals surface area contributed by atoms with Gasteiger partial charge in [-0.05, 0) is 30.3 Å². The van der Waals surface area contributed by atoms with Crippen molar-refractivity contribution in [2.45, 2.75) is 4.90 Å². The number of rotatable bonds is 3.